The molecule has 0 radical (unpaired) electrons. The number of likely N-dealkylation sites (N-methyl/N-ethyl adjacent to an activating group) is 1. The number of hydrogen-bond donors (Lipinski definition) is 1. The van der Waals surface area contributed by atoms with E-state index in [4.69, 9.17) is 0 Å². The van der Waals surface area contributed by atoms with Crippen LogP contribution in [0.15, 0.2) is 54.7 Å². The molecule has 0 unspecified atom stereocenters. The van der Waals surface area contributed by atoms with Gasteiger partial charge in [0.2, 0.25) is 0 Å². The highest BCUT2D eigenvalue weighted by Gasteiger charge is 2.29. The fourth-order valence-corrected chi connectivity index (χ4v) is 3.31. The Hall–Kier alpha value is -2.92. The minimum absolute atomic E-state index is 0.0828. The van der Waals surface area contributed by atoms with Crippen LogP contribution in [-0.4, -0.2) is 48.3 Å². The van der Waals surface area contributed by atoms with Crippen LogP contribution in [0.5, 0.6) is 0 Å². The third-order valence-electron chi connectivity index (χ3n) is 4.68. The van der Waals surface area contributed by atoms with Crippen molar-refractivity contribution in [2.75, 3.05) is 32.0 Å². The summed E-state index contributed by atoms with van der Waals surface area (Å²) in [6.07, 6.45) is 4.17. The van der Waals surface area contributed by atoms with Crippen molar-refractivity contribution < 1.29 is 9.59 Å². The van der Waals surface area contributed by atoms with Gasteiger partial charge in [-0.25, -0.2) is 5.01 Å². The first-order valence-electron chi connectivity index (χ1n) is 8.36. The molecule has 126 valence electrons. The summed E-state index contributed by atoms with van der Waals surface area (Å²) in [5.74, 6) is -0.170. The van der Waals surface area contributed by atoms with Gasteiger partial charge in [-0.15, -0.1) is 0 Å². The van der Waals surface area contributed by atoms with Crippen molar-refractivity contribution in [2.24, 2.45) is 0 Å². The predicted molar refractivity (Wildman–Crippen MR) is 96.7 cm³/mol. The van der Waals surface area contributed by atoms with E-state index in [1.807, 2.05) is 13.1 Å². The van der Waals surface area contributed by atoms with E-state index < -0.39 is 0 Å². The summed E-state index contributed by atoms with van der Waals surface area (Å²) in [7, 11) is 2.04. The first kappa shape index (κ1) is 15.6. The fourth-order valence-electron chi connectivity index (χ4n) is 3.31. The van der Waals surface area contributed by atoms with E-state index in [1.165, 1.54) is 0 Å². The first-order valence-corrected chi connectivity index (χ1v) is 8.36. The molecule has 5 heteroatoms. The Morgan fingerprint density at radius 1 is 0.960 bits per heavy atom. The van der Waals surface area contributed by atoms with Crippen molar-refractivity contribution in [3.63, 3.8) is 0 Å². The van der Waals surface area contributed by atoms with Crippen LogP contribution in [0.4, 0.5) is 5.69 Å². The summed E-state index contributed by atoms with van der Waals surface area (Å²) in [6, 6.07) is 12.4. The predicted octanol–water partition coefficient (Wildman–Crippen LogP) is 2.55. The van der Waals surface area contributed by atoms with Crippen molar-refractivity contribution in [3.05, 3.63) is 77.0 Å². The third-order valence-corrected chi connectivity index (χ3v) is 4.68. The number of nitrogens with zero attached hydrogens (tertiary/aromatic N) is 2. The molecule has 0 atom stereocenters. The van der Waals surface area contributed by atoms with Crippen molar-refractivity contribution in [1.29, 1.82) is 0 Å². The lowest BCUT2D eigenvalue weighted by Crippen LogP contribution is -2.34. The number of hydrogen-bond acceptors (Lipinski definition) is 5. The summed E-state index contributed by atoms with van der Waals surface area (Å²) < 4.78 is 0. The highest BCUT2D eigenvalue weighted by atomic mass is 16.1. The van der Waals surface area contributed by atoms with E-state index in [0.717, 1.165) is 25.3 Å². The van der Waals surface area contributed by atoms with E-state index in [0.29, 0.717) is 22.3 Å². The molecule has 2 aromatic rings. The molecule has 1 heterocycles. The summed E-state index contributed by atoms with van der Waals surface area (Å²) >= 11 is 0. The van der Waals surface area contributed by atoms with Crippen LogP contribution in [-0.2, 0) is 0 Å². The zero-order valence-corrected chi connectivity index (χ0v) is 14.0. The number of benzene rings is 2. The highest BCUT2D eigenvalue weighted by molar-refractivity contribution is 6.28. The van der Waals surface area contributed by atoms with Gasteiger partial charge in [0.1, 0.15) is 0 Å². The summed E-state index contributed by atoms with van der Waals surface area (Å²) in [5.41, 5.74) is 2.79. The van der Waals surface area contributed by atoms with Crippen LogP contribution in [0.25, 0.3) is 0 Å². The van der Waals surface area contributed by atoms with E-state index in [2.05, 4.69) is 27.6 Å². The van der Waals surface area contributed by atoms with Gasteiger partial charge in [-0.2, -0.15) is 0 Å². The Balaban J connectivity index is 1.53. The third kappa shape index (κ3) is 2.72. The standard InChI is InChI=1S/C20H19N3O2/c1-22-10-4-11-23(22)12-9-21-14-7-8-17-18(13-14)20(25)16-6-3-2-5-15(16)19(17)24/h2-8,11,13,21H,9-10,12H2,1H3. The molecule has 0 saturated heterocycles. The zero-order chi connectivity index (χ0) is 17.4. The molecule has 0 fully saturated rings. The van der Waals surface area contributed by atoms with E-state index in [9.17, 15) is 9.59 Å². The summed E-state index contributed by atoms with van der Waals surface area (Å²) in [5, 5.41) is 7.60. The Bertz CT molecular complexity index is 888. The maximum Gasteiger partial charge on any atom is 0.194 e. The minimum Gasteiger partial charge on any atom is -0.383 e. The van der Waals surface area contributed by atoms with Gasteiger partial charge in [0, 0.05) is 54.3 Å². The smallest absolute Gasteiger partial charge is 0.194 e. The monoisotopic (exact) mass is 333 g/mol. The molecule has 0 spiro atoms. The van der Waals surface area contributed by atoms with E-state index >= 15 is 0 Å². The van der Waals surface area contributed by atoms with E-state index in [-0.39, 0.29) is 11.6 Å². The second kappa shape index (κ2) is 6.18. The number of carbonyl (C=O) groups is 2. The molecule has 0 aromatic heterocycles. The summed E-state index contributed by atoms with van der Waals surface area (Å²) in [4.78, 5) is 25.3. The highest BCUT2D eigenvalue weighted by Crippen LogP contribution is 2.29. The van der Waals surface area contributed by atoms with Gasteiger partial charge < -0.3 is 10.3 Å². The van der Waals surface area contributed by atoms with Gasteiger partial charge in [0.25, 0.3) is 0 Å². The average Bonchev–Trinajstić information content (AvgIpc) is 3.05. The lowest BCUT2D eigenvalue weighted by molar-refractivity contribution is 0.0891. The van der Waals surface area contributed by atoms with Crippen LogP contribution < -0.4 is 5.32 Å². The van der Waals surface area contributed by atoms with Crippen LogP contribution in [0, 0.1) is 0 Å². The molecule has 2 aromatic carbocycles. The second-order valence-electron chi connectivity index (χ2n) is 6.28. The van der Waals surface area contributed by atoms with Gasteiger partial charge in [0.15, 0.2) is 11.6 Å². The van der Waals surface area contributed by atoms with Gasteiger partial charge in [-0.05, 0) is 18.2 Å². The minimum atomic E-state index is -0.0870. The van der Waals surface area contributed by atoms with Gasteiger partial charge in [0.05, 0.1) is 6.54 Å². The average molecular weight is 333 g/mol. The van der Waals surface area contributed by atoms with Gasteiger partial charge in [-0.1, -0.05) is 30.3 Å². The Morgan fingerprint density at radius 3 is 2.32 bits per heavy atom. The SMILES string of the molecule is CN1CC=CN1CCNc1ccc2c(c1)C(=O)c1ccccc1C2=O. The number of carbonyl (C=O) groups excluding carboxylic acids is 2. The van der Waals surface area contributed by atoms with Crippen molar-refractivity contribution >= 4 is 17.3 Å². The van der Waals surface area contributed by atoms with Gasteiger partial charge in [-0.3, -0.25) is 9.59 Å². The molecular weight excluding hydrogens is 314 g/mol. The lowest BCUT2D eigenvalue weighted by Gasteiger charge is -2.25. The molecule has 0 saturated carbocycles. The maximum absolute atomic E-state index is 12.7. The zero-order valence-electron chi connectivity index (χ0n) is 14.0. The fraction of sp³-hybridized carbons (Fsp3) is 0.200. The topological polar surface area (TPSA) is 52.6 Å². The molecule has 0 bridgehead atoms. The number of anilines is 1. The Kier molecular flexibility index (Phi) is 3.86. The maximum atomic E-state index is 12.7. The van der Waals surface area contributed by atoms with Crippen molar-refractivity contribution in [1.82, 2.24) is 10.0 Å². The van der Waals surface area contributed by atoms with Crippen LogP contribution in [0.2, 0.25) is 0 Å². The largest absolute Gasteiger partial charge is 0.383 e. The number of ketones is 2. The van der Waals surface area contributed by atoms with Crippen molar-refractivity contribution in [3.8, 4) is 0 Å². The number of hydrazine groups is 1. The van der Waals surface area contributed by atoms with Crippen molar-refractivity contribution in [2.45, 2.75) is 0 Å². The quantitative estimate of drug-likeness (QED) is 0.795. The molecule has 4 rings (SSSR count). The van der Waals surface area contributed by atoms with Crippen LogP contribution in [0.1, 0.15) is 31.8 Å². The first-order chi connectivity index (χ1) is 12.1. The number of fused-ring (bicyclic) bond motifs is 2. The molecule has 0 amide bonds. The molecule has 1 aliphatic heterocycles. The summed E-state index contributed by atoms with van der Waals surface area (Å²) in [6.45, 7) is 2.50. The van der Waals surface area contributed by atoms with Gasteiger partial charge >= 0.3 is 0 Å². The number of rotatable bonds is 4. The van der Waals surface area contributed by atoms with E-state index in [1.54, 1.807) is 36.4 Å². The molecule has 5 nitrogen and oxygen atoms in total. The number of nitrogens with one attached hydrogen (secondary N) is 1. The van der Waals surface area contributed by atoms with Crippen LogP contribution >= 0.6 is 0 Å². The Morgan fingerprint density at radius 2 is 1.64 bits per heavy atom. The molecular formula is C20H19N3O2. The normalized spacial score (nSPS) is 16.1. The molecule has 1 aliphatic carbocycles. The second-order valence-corrected chi connectivity index (χ2v) is 6.28. The van der Waals surface area contributed by atoms with Crippen LogP contribution in [0.3, 0.4) is 0 Å². The molecule has 2 aliphatic rings. The lowest BCUT2D eigenvalue weighted by atomic mass is 9.84. The Labute approximate surface area is 146 Å². The molecule has 25 heavy (non-hydrogen) atoms. The molecule has 1 N–H and O–H groups in total.